The van der Waals surface area contributed by atoms with Gasteiger partial charge in [-0.3, -0.25) is 9.59 Å². The highest BCUT2D eigenvalue weighted by atomic mass is 16.8. The van der Waals surface area contributed by atoms with Crippen molar-refractivity contribution in [1.82, 2.24) is 0 Å². The zero-order valence-corrected chi connectivity index (χ0v) is 17.9. The third-order valence-corrected chi connectivity index (χ3v) is 9.69. The molecule has 2 spiro atoms. The molecule has 4 aliphatic heterocycles. The van der Waals surface area contributed by atoms with Gasteiger partial charge in [0.2, 0.25) is 5.79 Å². The summed E-state index contributed by atoms with van der Waals surface area (Å²) in [5.74, 6) is -4.07. The molecule has 8 aliphatic rings. The lowest BCUT2D eigenvalue weighted by Crippen LogP contribution is -2.92. The van der Waals surface area contributed by atoms with Gasteiger partial charge < -0.3 is 24.4 Å². The Morgan fingerprint density at radius 3 is 2.63 bits per heavy atom. The SMILES string of the molecule is C=C1C(=O)C23C4OC5OC2(O)C(O)C2C(C)(C)CCCC52C3C(C)(OC(C)=O)CC14. The Kier molecular flexibility index (Phi) is 3.25. The van der Waals surface area contributed by atoms with E-state index < -0.39 is 52.6 Å². The summed E-state index contributed by atoms with van der Waals surface area (Å²) in [4.78, 5) is 26.1. The lowest BCUT2D eigenvalue weighted by molar-refractivity contribution is -0.559. The summed E-state index contributed by atoms with van der Waals surface area (Å²) in [6.07, 6.45) is 0.244. The molecule has 4 saturated heterocycles. The Hall–Kier alpha value is -1.28. The summed E-state index contributed by atoms with van der Waals surface area (Å²) in [5, 5.41) is 23.6. The van der Waals surface area contributed by atoms with Crippen LogP contribution in [0.3, 0.4) is 0 Å². The molecule has 0 amide bonds. The maximum atomic E-state index is 13.9. The van der Waals surface area contributed by atoms with Crippen LogP contribution < -0.4 is 0 Å². The predicted octanol–water partition coefficient (Wildman–Crippen LogP) is 1.70. The van der Waals surface area contributed by atoms with Gasteiger partial charge in [0.05, 0.1) is 6.10 Å². The van der Waals surface area contributed by atoms with E-state index in [0.717, 1.165) is 12.8 Å². The Morgan fingerprint density at radius 2 is 1.97 bits per heavy atom. The number of aliphatic hydroxyl groups is 2. The topological polar surface area (TPSA) is 102 Å². The molecular weight excluding hydrogens is 388 g/mol. The minimum absolute atomic E-state index is 0.306. The molecule has 10 unspecified atom stereocenters. The van der Waals surface area contributed by atoms with Crippen LogP contribution in [0.5, 0.6) is 0 Å². The van der Waals surface area contributed by atoms with Crippen molar-refractivity contribution in [3.63, 3.8) is 0 Å². The van der Waals surface area contributed by atoms with Crippen molar-refractivity contribution >= 4 is 11.8 Å². The second kappa shape index (κ2) is 5.03. The molecule has 0 aromatic rings. The van der Waals surface area contributed by atoms with Gasteiger partial charge >= 0.3 is 5.97 Å². The van der Waals surface area contributed by atoms with Crippen LogP contribution in [0.1, 0.15) is 53.4 Å². The fourth-order valence-electron chi connectivity index (χ4n) is 9.35. The summed E-state index contributed by atoms with van der Waals surface area (Å²) in [5.41, 5.74) is -3.18. The van der Waals surface area contributed by atoms with Gasteiger partial charge in [-0.15, -0.1) is 0 Å². The van der Waals surface area contributed by atoms with E-state index in [-0.39, 0.29) is 23.0 Å². The monoisotopic (exact) mass is 418 g/mol. The standard InChI is InChI=1S/C23H30O7/c1-10-12-9-20(5,29-11(2)24)17-21-8-6-7-19(3,4)13(21)15(26)23(27)22(17,14(10)25)16(12)28-18(21)30-23/h12-13,15-18,26-27H,1,6-9H2,2-5H3. The van der Waals surface area contributed by atoms with E-state index in [1.165, 1.54) is 6.92 Å². The first-order chi connectivity index (χ1) is 13.9. The summed E-state index contributed by atoms with van der Waals surface area (Å²) >= 11 is 0. The van der Waals surface area contributed by atoms with Gasteiger partial charge in [-0.05, 0) is 37.2 Å². The van der Waals surface area contributed by atoms with Crippen LogP contribution in [0.2, 0.25) is 0 Å². The zero-order valence-electron chi connectivity index (χ0n) is 17.9. The number of carbonyl (C=O) groups excluding carboxylic acids is 2. The first kappa shape index (κ1) is 19.4. The molecule has 4 saturated carbocycles. The van der Waals surface area contributed by atoms with E-state index in [1.54, 1.807) is 0 Å². The van der Waals surface area contributed by atoms with Crippen molar-refractivity contribution < 1.29 is 34.0 Å². The normalized spacial score (nSPS) is 59.3. The molecule has 30 heavy (non-hydrogen) atoms. The highest BCUT2D eigenvalue weighted by molar-refractivity contribution is 6.05. The smallest absolute Gasteiger partial charge is 0.303 e. The molecule has 0 aromatic heterocycles. The van der Waals surface area contributed by atoms with Crippen molar-refractivity contribution in [2.24, 2.45) is 34.0 Å². The fourth-order valence-corrected chi connectivity index (χ4v) is 9.35. The lowest BCUT2D eigenvalue weighted by Gasteiger charge is -2.80. The van der Waals surface area contributed by atoms with E-state index >= 15 is 0 Å². The average Bonchev–Trinajstić information content (AvgIpc) is 2.77. The predicted molar refractivity (Wildman–Crippen MR) is 103 cm³/mol. The van der Waals surface area contributed by atoms with E-state index in [0.29, 0.717) is 18.4 Å². The van der Waals surface area contributed by atoms with Gasteiger partial charge in [0.1, 0.15) is 17.1 Å². The van der Waals surface area contributed by atoms with Gasteiger partial charge in [-0.25, -0.2) is 0 Å². The quantitative estimate of drug-likeness (QED) is 0.494. The van der Waals surface area contributed by atoms with Crippen LogP contribution >= 0.6 is 0 Å². The molecule has 8 rings (SSSR count). The summed E-state index contributed by atoms with van der Waals surface area (Å²) in [6, 6.07) is 0. The van der Waals surface area contributed by atoms with Crippen LogP contribution in [0.25, 0.3) is 0 Å². The number of aliphatic hydroxyl groups excluding tert-OH is 1. The van der Waals surface area contributed by atoms with Gasteiger partial charge in [-0.1, -0.05) is 26.8 Å². The Labute approximate surface area is 175 Å². The number of hydrogen-bond donors (Lipinski definition) is 2. The molecule has 2 N–H and O–H groups in total. The third kappa shape index (κ3) is 1.61. The van der Waals surface area contributed by atoms with Gasteiger partial charge in [0, 0.05) is 30.1 Å². The van der Waals surface area contributed by atoms with Crippen molar-refractivity contribution in [2.45, 2.75) is 83.3 Å². The Balaban J connectivity index is 1.70. The number of hydrogen-bond acceptors (Lipinski definition) is 7. The maximum absolute atomic E-state index is 13.9. The number of carbonyl (C=O) groups is 2. The number of ether oxygens (including phenoxy) is 3. The van der Waals surface area contributed by atoms with Crippen LogP contribution in [-0.4, -0.2) is 51.9 Å². The number of rotatable bonds is 1. The summed E-state index contributed by atoms with van der Waals surface area (Å²) in [7, 11) is 0. The highest BCUT2D eigenvalue weighted by Gasteiger charge is 2.94. The minimum Gasteiger partial charge on any atom is -0.459 e. The van der Waals surface area contributed by atoms with Crippen molar-refractivity contribution in [3.05, 3.63) is 12.2 Å². The van der Waals surface area contributed by atoms with E-state index in [9.17, 15) is 19.8 Å². The molecule has 0 radical (unpaired) electrons. The Bertz CT molecular complexity index is 911. The molecule has 4 heterocycles. The van der Waals surface area contributed by atoms with Gasteiger partial charge in [0.25, 0.3) is 0 Å². The molecule has 8 fully saturated rings. The minimum atomic E-state index is -2.09. The molecule has 0 aromatic carbocycles. The van der Waals surface area contributed by atoms with Crippen LogP contribution in [0, 0.1) is 34.0 Å². The second-order valence-electron chi connectivity index (χ2n) is 11.5. The van der Waals surface area contributed by atoms with Crippen LogP contribution in [0.15, 0.2) is 12.2 Å². The van der Waals surface area contributed by atoms with Crippen molar-refractivity contribution in [1.29, 1.82) is 0 Å². The zero-order chi connectivity index (χ0) is 21.6. The van der Waals surface area contributed by atoms with Gasteiger partial charge in [-0.2, -0.15) is 0 Å². The molecule has 7 nitrogen and oxygen atoms in total. The Morgan fingerprint density at radius 1 is 1.27 bits per heavy atom. The molecular formula is C23H30O7. The largest absolute Gasteiger partial charge is 0.459 e. The highest BCUT2D eigenvalue weighted by Crippen LogP contribution is 2.83. The van der Waals surface area contributed by atoms with Crippen LogP contribution in [0.4, 0.5) is 0 Å². The molecule has 164 valence electrons. The number of Topliss-reactive ketones (excluding diaryl/α,β-unsaturated/α-hetero) is 1. The van der Waals surface area contributed by atoms with Crippen molar-refractivity contribution in [2.75, 3.05) is 0 Å². The molecule has 10 atom stereocenters. The van der Waals surface area contributed by atoms with E-state index in [4.69, 9.17) is 14.2 Å². The number of esters is 1. The molecule has 4 aliphatic carbocycles. The fraction of sp³-hybridized carbons (Fsp3) is 0.826. The van der Waals surface area contributed by atoms with E-state index in [1.807, 2.05) is 6.92 Å². The first-order valence-electron chi connectivity index (χ1n) is 11.0. The number of ketones is 1. The average molecular weight is 418 g/mol. The van der Waals surface area contributed by atoms with E-state index in [2.05, 4.69) is 20.4 Å². The third-order valence-electron chi connectivity index (χ3n) is 9.69. The summed E-state index contributed by atoms with van der Waals surface area (Å²) in [6.45, 7) is 11.5. The first-order valence-corrected chi connectivity index (χ1v) is 11.0. The molecule has 7 heteroatoms. The van der Waals surface area contributed by atoms with Crippen molar-refractivity contribution in [3.8, 4) is 0 Å². The van der Waals surface area contributed by atoms with Gasteiger partial charge in [0.15, 0.2) is 12.1 Å². The maximum Gasteiger partial charge on any atom is 0.303 e. The lowest BCUT2D eigenvalue weighted by atomic mass is 9.32. The van der Waals surface area contributed by atoms with Crippen LogP contribution in [-0.2, 0) is 23.8 Å². The second-order valence-corrected chi connectivity index (χ2v) is 11.5. The molecule has 7 bridgehead atoms. The summed E-state index contributed by atoms with van der Waals surface area (Å²) < 4.78 is 18.5.